The number of carbonyl (C=O) groups is 2. The summed E-state index contributed by atoms with van der Waals surface area (Å²) in [5, 5.41) is 22.7. The molecule has 0 radical (unpaired) electrons. The van der Waals surface area contributed by atoms with Crippen molar-refractivity contribution in [3.8, 4) is 5.75 Å². The number of carboxylic acids is 1. The number of pyridine rings is 1. The van der Waals surface area contributed by atoms with Crippen molar-refractivity contribution in [3.63, 3.8) is 0 Å². The average Bonchev–Trinajstić information content (AvgIpc) is 3.45. The summed E-state index contributed by atoms with van der Waals surface area (Å²) < 4.78 is 28.6. The molecule has 3 fully saturated rings. The van der Waals surface area contributed by atoms with Gasteiger partial charge in [0.25, 0.3) is 0 Å². The molecule has 0 spiro atoms. The highest BCUT2D eigenvalue weighted by Gasteiger charge is 2.52. The Morgan fingerprint density at radius 3 is 2.67 bits per heavy atom. The van der Waals surface area contributed by atoms with Crippen LogP contribution in [-0.2, 0) is 9.47 Å². The second kappa shape index (κ2) is 8.36. The normalized spacial score (nSPS) is 23.7. The van der Waals surface area contributed by atoms with E-state index in [-0.39, 0.29) is 36.1 Å². The minimum Gasteiger partial charge on any atom is -0.504 e. The standard InChI is InChI=1S/C25H30FN3O7/c1-24(2,3)36-23(34)27-11-25-12-28(9-13(25)6-7-35-25)17-8-16-18(21(31)19(17)26)20(30)15(22(32)33)10-29(16)14-4-5-14/h8,10,13-14,31H,4-7,9,11-12H2,1-3H3,(H,27,34)(H,32,33). The van der Waals surface area contributed by atoms with Crippen LogP contribution in [0.4, 0.5) is 14.9 Å². The number of nitrogens with zero attached hydrogens (tertiary/aromatic N) is 2. The smallest absolute Gasteiger partial charge is 0.407 e. The number of nitrogens with one attached hydrogen (secondary N) is 1. The number of fused-ring (bicyclic) bond motifs is 2. The number of aromatic nitrogens is 1. The van der Waals surface area contributed by atoms with Gasteiger partial charge in [0.15, 0.2) is 11.6 Å². The zero-order valence-corrected chi connectivity index (χ0v) is 20.5. The van der Waals surface area contributed by atoms with E-state index >= 15 is 4.39 Å². The fraction of sp³-hybridized carbons (Fsp3) is 0.560. The number of phenolic OH excluding ortho intramolecular Hbond substituents is 1. The number of halogens is 1. The summed E-state index contributed by atoms with van der Waals surface area (Å²) in [6, 6.07) is 1.49. The van der Waals surface area contributed by atoms with Crippen molar-refractivity contribution in [3.05, 3.63) is 33.9 Å². The first-order valence-corrected chi connectivity index (χ1v) is 12.1. The Kier molecular flexibility index (Phi) is 5.66. The van der Waals surface area contributed by atoms with Gasteiger partial charge < -0.3 is 34.5 Å². The summed E-state index contributed by atoms with van der Waals surface area (Å²) in [7, 11) is 0. The van der Waals surface area contributed by atoms with Crippen LogP contribution in [0.3, 0.4) is 0 Å². The molecule has 2 atom stereocenters. The van der Waals surface area contributed by atoms with Crippen LogP contribution in [0.2, 0.25) is 0 Å². The Hall–Kier alpha value is -3.34. The molecule has 1 amide bonds. The number of amides is 1. The first-order chi connectivity index (χ1) is 16.9. The van der Waals surface area contributed by atoms with Gasteiger partial charge in [-0.3, -0.25) is 4.79 Å². The van der Waals surface area contributed by atoms with Gasteiger partial charge in [-0.05, 0) is 46.1 Å². The Bertz CT molecular complexity index is 1310. The number of anilines is 1. The molecule has 1 aliphatic carbocycles. The van der Waals surface area contributed by atoms with Crippen LogP contribution in [0.1, 0.15) is 56.4 Å². The molecule has 36 heavy (non-hydrogen) atoms. The lowest BCUT2D eigenvalue weighted by atomic mass is 9.91. The van der Waals surface area contributed by atoms with Crippen LogP contribution in [0.25, 0.3) is 10.9 Å². The van der Waals surface area contributed by atoms with Crippen LogP contribution >= 0.6 is 0 Å². The zero-order valence-electron chi connectivity index (χ0n) is 20.5. The van der Waals surface area contributed by atoms with Gasteiger partial charge in [-0.2, -0.15) is 0 Å². The van der Waals surface area contributed by atoms with Gasteiger partial charge in [0.05, 0.1) is 23.1 Å². The summed E-state index contributed by atoms with van der Waals surface area (Å²) >= 11 is 0. The first-order valence-electron chi connectivity index (χ1n) is 12.1. The number of carboxylic acid groups (broad SMARTS) is 1. The molecule has 5 rings (SSSR count). The maximum atomic E-state index is 15.5. The van der Waals surface area contributed by atoms with Crippen molar-refractivity contribution < 1.29 is 33.7 Å². The number of carbonyl (C=O) groups excluding carboxylic acids is 1. The van der Waals surface area contributed by atoms with Crippen molar-refractivity contribution >= 4 is 28.7 Å². The SMILES string of the molecule is CC(C)(C)OC(=O)NCC12CN(c3cc4c(c(O)c3F)c(=O)c(C(=O)O)cn4C3CC3)CC1CCO2. The minimum atomic E-state index is -1.43. The number of aromatic hydroxyl groups is 1. The molecule has 3 N–H and O–H groups in total. The van der Waals surface area contributed by atoms with Crippen LogP contribution in [0.5, 0.6) is 5.75 Å². The zero-order chi connectivity index (χ0) is 26.0. The van der Waals surface area contributed by atoms with E-state index < -0.39 is 45.8 Å². The molecule has 3 heterocycles. The fourth-order valence-electron chi connectivity index (χ4n) is 5.33. The largest absolute Gasteiger partial charge is 0.504 e. The molecule has 0 bridgehead atoms. The maximum absolute atomic E-state index is 15.5. The number of ether oxygens (including phenoxy) is 2. The summed E-state index contributed by atoms with van der Waals surface area (Å²) in [5.41, 5.74) is -2.43. The van der Waals surface area contributed by atoms with Crippen LogP contribution in [0, 0.1) is 11.7 Å². The second-order valence-electron chi connectivity index (χ2n) is 10.9. The number of hydrogen-bond donors (Lipinski definition) is 3. The number of rotatable bonds is 5. The number of phenols is 1. The lowest BCUT2D eigenvalue weighted by Gasteiger charge is -2.30. The van der Waals surface area contributed by atoms with Crippen molar-refractivity contribution in [2.24, 2.45) is 5.92 Å². The average molecular weight is 504 g/mol. The van der Waals surface area contributed by atoms with E-state index in [9.17, 15) is 24.6 Å². The quantitative estimate of drug-likeness (QED) is 0.568. The Balaban J connectivity index is 1.50. The van der Waals surface area contributed by atoms with E-state index in [0.29, 0.717) is 18.7 Å². The molecule has 1 saturated carbocycles. The highest BCUT2D eigenvalue weighted by atomic mass is 19.1. The molecular weight excluding hydrogens is 473 g/mol. The van der Waals surface area contributed by atoms with Gasteiger partial charge >= 0.3 is 12.1 Å². The second-order valence-corrected chi connectivity index (χ2v) is 10.9. The third kappa shape index (κ3) is 4.15. The predicted octanol–water partition coefficient (Wildman–Crippen LogP) is 3.00. The molecule has 11 heteroatoms. The van der Waals surface area contributed by atoms with E-state index in [2.05, 4.69) is 5.32 Å². The third-order valence-corrected chi connectivity index (χ3v) is 7.16. The minimum absolute atomic E-state index is 0.00434. The molecule has 194 valence electrons. The highest BCUT2D eigenvalue weighted by molar-refractivity contribution is 5.96. The van der Waals surface area contributed by atoms with E-state index in [0.717, 1.165) is 19.3 Å². The first kappa shape index (κ1) is 24.4. The summed E-state index contributed by atoms with van der Waals surface area (Å²) in [6.45, 7) is 6.69. The molecule has 2 aliphatic heterocycles. The highest BCUT2D eigenvalue weighted by Crippen LogP contribution is 2.45. The van der Waals surface area contributed by atoms with E-state index in [1.165, 1.54) is 12.3 Å². The van der Waals surface area contributed by atoms with Gasteiger partial charge in [-0.1, -0.05) is 0 Å². The van der Waals surface area contributed by atoms with Gasteiger partial charge in [-0.25, -0.2) is 14.0 Å². The van der Waals surface area contributed by atoms with Crippen LogP contribution in [0.15, 0.2) is 17.1 Å². The maximum Gasteiger partial charge on any atom is 0.407 e. The van der Waals surface area contributed by atoms with Crippen LogP contribution < -0.4 is 15.6 Å². The lowest BCUT2D eigenvalue weighted by Crippen LogP contribution is -2.49. The molecular formula is C25H30FN3O7. The van der Waals surface area contributed by atoms with Gasteiger partial charge in [-0.15, -0.1) is 0 Å². The number of hydrogen-bond acceptors (Lipinski definition) is 7. The molecule has 2 unspecified atom stereocenters. The van der Waals surface area contributed by atoms with Gasteiger partial charge in [0.1, 0.15) is 16.8 Å². The van der Waals surface area contributed by atoms with Gasteiger partial charge in [0, 0.05) is 37.9 Å². The monoisotopic (exact) mass is 503 g/mol. The van der Waals surface area contributed by atoms with Crippen molar-refractivity contribution in [1.82, 2.24) is 9.88 Å². The fourth-order valence-corrected chi connectivity index (χ4v) is 5.33. The third-order valence-electron chi connectivity index (χ3n) is 7.16. The van der Waals surface area contributed by atoms with Crippen molar-refractivity contribution in [2.45, 2.75) is 57.3 Å². The lowest BCUT2D eigenvalue weighted by molar-refractivity contribution is -0.000271. The predicted molar refractivity (Wildman–Crippen MR) is 128 cm³/mol. The Labute approximate surface area is 206 Å². The van der Waals surface area contributed by atoms with Crippen molar-refractivity contribution in [1.29, 1.82) is 0 Å². The topological polar surface area (TPSA) is 130 Å². The van der Waals surface area contributed by atoms with E-state index in [1.54, 1.807) is 30.2 Å². The number of alkyl carbamates (subject to hydrolysis) is 1. The Morgan fingerprint density at radius 2 is 2.03 bits per heavy atom. The molecule has 2 saturated heterocycles. The summed E-state index contributed by atoms with van der Waals surface area (Å²) in [4.78, 5) is 38.4. The molecule has 2 aromatic rings. The molecule has 10 nitrogen and oxygen atoms in total. The number of benzene rings is 1. The van der Waals surface area contributed by atoms with Crippen molar-refractivity contribution in [2.75, 3.05) is 31.1 Å². The Morgan fingerprint density at radius 1 is 1.31 bits per heavy atom. The van der Waals surface area contributed by atoms with E-state index in [1.807, 2.05) is 0 Å². The summed E-state index contributed by atoms with van der Waals surface area (Å²) in [5.74, 6) is -3.27. The van der Waals surface area contributed by atoms with Crippen LogP contribution in [-0.4, -0.2) is 64.3 Å². The van der Waals surface area contributed by atoms with Gasteiger partial charge in [0.2, 0.25) is 5.43 Å². The molecule has 3 aliphatic rings. The molecule has 1 aromatic heterocycles. The van der Waals surface area contributed by atoms with E-state index in [4.69, 9.17) is 9.47 Å². The summed E-state index contributed by atoms with van der Waals surface area (Å²) in [6.07, 6.45) is 3.02. The number of aromatic carboxylic acids is 1. The molecule has 1 aromatic carbocycles.